The van der Waals surface area contributed by atoms with Crippen molar-refractivity contribution in [3.05, 3.63) is 83.2 Å². The van der Waals surface area contributed by atoms with Crippen molar-refractivity contribution in [1.82, 2.24) is 14.8 Å². The minimum atomic E-state index is -0.0681. The second kappa shape index (κ2) is 9.51. The van der Waals surface area contributed by atoms with Gasteiger partial charge in [0, 0.05) is 11.0 Å². The number of hydrogen-bond acceptors (Lipinski definition) is 2. The van der Waals surface area contributed by atoms with E-state index in [1.807, 2.05) is 0 Å². The molecule has 0 saturated heterocycles. The summed E-state index contributed by atoms with van der Waals surface area (Å²) in [6.07, 6.45) is 11.2. The van der Waals surface area contributed by atoms with Crippen molar-refractivity contribution in [3.8, 4) is 17.1 Å². The molecule has 33 heavy (non-hydrogen) atoms. The Hall–Kier alpha value is -2.94. The van der Waals surface area contributed by atoms with Gasteiger partial charge in [0.1, 0.15) is 5.82 Å². The maximum atomic E-state index is 4.80. The molecule has 0 bridgehead atoms. The molecular weight excluding hydrogens is 402 g/mol. The highest BCUT2D eigenvalue weighted by Crippen LogP contribution is 2.36. The molecule has 1 aliphatic rings. The molecular formula is C30H37N3. The first-order valence-electron chi connectivity index (χ1n) is 12.3. The molecule has 2 aromatic carbocycles. The molecule has 1 atom stereocenters. The van der Waals surface area contributed by atoms with E-state index in [0.717, 1.165) is 30.1 Å². The summed E-state index contributed by atoms with van der Waals surface area (Å²) >= 11 is 0. The van der Waals surface area contributed by atoms with Crippen LogP contribution < -0.4 is 0 Å². The lowest BCUT2D eigenvalue weighted by Gasteiger charge is -2.26. The van der Waals surface area contributed by atoms with Gasteiger partial charge in [-0.25, -0.2) is 0 Å². The van der Waals surface area contributed by atoms with Crippen molar-refractivity contribution in [2.45, 2.75) is 72.6 Å². The van der Waals surface area contributed by atoms with E-state index in [1.165, 1.54) is 40.8 Å². The molecule has 3 heteroatoms. The lowest BCUT2D eigenvalue weighted by Crippen LogP contribution is -2.23. The van der Waals surface area contributed by atoms with Gasteiger partial charge in [-0.05, 0) is 61.4 Å². The Morgan fingerprint density at radius 1 is 1.03 bits per heavy atom. The van der Waals surface area contributed by atoms with Crippen LogP contribution in [0.15, 0.2) is 60.7 Å². The van der Waals surface area contributed by atoms with Gasteiger partial charge in [0.2, 0.25) is 0 Å². The van der Waals surface area contributed by atoms with Gasteiger partial charge < -0.3 is 0 Å². The van der Waals surface area contributed by atoms with Crippen LogP contribution in [0.5, 0.6) is 0 Å². The summed E-state index contributed by atoms with van der Waals surface area (Å²) in [6.45, 7) is 13.5. The average molecular weight is 440 g/mol. The number of aromatic nitrogens is 3. The van der Waals surface area contributed by atoms with Crippen molar-refractivity contribution in [2.75, 3.05) is 0 Å². The zero-order valence-corrected chi connectivity index (χ0v) is 21.0. The van der Waals surface area contributed by atoms with Gasteiger partial charge in [-0.15, -0.1) is 10.2 Å². The fraction of sp³-hybridized carbons (Fsp3) is 0.400. The maximum Gasteiger partial charge on any atom is 0.168 e. The van der Waals surface area contributed by atoms with E-state index >= 15 is 0 Å². The van der Waals surface area contributed by atoms with Gasteiger partial charge in [0.05, 0.1) is 5.69 Å². The molecule has 1 aromatic heterocycles. The maximum absolute atomic E-state index is 4.80. The van der Waals surface area contributed by atoms with E-state index in [1.54, 1.807) is 0 Å². The van der Waals surface area contributed by atoms with Crippen molar-refractivity contribution < 1.29 is 0 Å². The van der Waals surface area contributed by atoms with Crippen LogP contribution in [-0.4, -0.2) is 14.8 Å². The van der Waals surface area contributed by atoms with Crippen LogP contribution >= 0.6 is 0 Å². The normalized spacial score (nSPS) is 16.2. The fourth-order valence-corrected chi connectivity index (χ4v) is 4.89. The van der Waals surface area contributed by atoms with Gasteiger partial charge in [0.25, 0.3) is 0 Å². The highest BCUT2D eigenvalue weighted by Gasteiger charge is 2.30. The van der Waals surface area contributed by atoms with Crippen LogP contribution in [0.1, 0.15) is 75.9 Å². The van der Waals surface area contributed by atoms with E-state index in [-0.39, 0.29) is 5.41 Å². The van der Waals surface area contributed by atoms with E-state index in [4.69, 9.17) is 10.2 Å². The molecule has 3 nitrogen and oxygen atoms in total. The van der Waals surface area contributed by atoms with Crippen LogP contribution in [0.25, 0.3) is 22.6 Å². The second-order valence-corrected chi connectivity index (χ2v) is 10.2. The standard InChI is InChI=1S/C30H37N3/c1-7-8-18-30(5,6)29-32-31-28(33(29)27-17-16-21(2)19-23(27)4)25-14-11-13-24(20-25)26-15-10-9-12-22(26)3/h9-11,13-17,19-20,22H,7-8,12,18H2,1-6H3. The molecule has 0 aliphatic heterocycles. The number of aryl methyl sites for hydroxylation is 2. The minimum Gasteiger partial charge on any atom is -0.278 e. The van der Waals surface area contributed by atoms with E-state index in [0.29, 0.717) is 5.92 Å². The molecule has 172 valence electrons. The first-order chi connectivity index (χ1) is 15.8. The highest BCUT2D eigenvalue weighted by molar-refractivity contribution is 5.74. The second-order valence-electron chi connectivity index (χ2n) is 10.2. The number of rotatable bonds is 7. The number of nitrogens with zero attached hydrogens (tertiary/aromatic N) is 3. The summed E-state index contributed by atoms with van der Waals surface area (Å²) in [7, 11) is 0. The molecule has 0 saturated carbocycles. The van der Waals surface area contributed by atoms with Crippen LogP contribution in [0.2, 0.25) is 0 Å². The van der Waals surface area contributed by atoms with Crippen molar-refractivity contribution in [2.24, 2.45) is 5.92 Å². The predicted octanol–water partition coefficient (Wildman–Crippen LogP) is 8.00. The number of benzene rings is 2. The fourth-order valence-electron chi connectivity index (χ4n) is 4.89. The van der Waals surface area contributed by atoms with E-state index in [9.17, 15) is 0 Å². The number of allylic oxidation sites excluding steroid dienone is 4. The summed E-state index contributed by atoms with van der Waals surface area (Å²) in [5.41, 5.74) is 7.38. The Balaban J connectivity index is 1.89. The number of hydrogen-bond donors (Lipinski definition) is 0. The minimum absolute atomic E-state index is 0.0681. The first kappa shape index (κ1) is 23.2. The van der Waals surface area contributed by atoms with Crippen LogP contribution in [0, 0.1) is 19.8 Å². The first-order valence-corrected chi connectivity index (χ1v) is 12.3. The summed E-state index contributed by atoms with van der Waals surface area (Å²) in [5, 5.41) is 9.59. The molecule has 0 spiro atoms. The van der Waals surface area contributed by atoms with E-state index in [2.05, 4.69) is 107 Å². The molecule has 0 N–H and O–H groups in total. The predicted molar refractivity (Wildman–Crippen MR) is 140 cm³/mol. The Morgan fingerprint density at radius 2 is 1.82 bits per heavy atom. The van der Waals surface area contributed by atoms with Gasteiger partial charge in [-0.2, -0.15) is 0 Å². The molecule has 0 amide bonds. The quantitative estimate of drug-likeness (QED) is 0.373. The molecule has 1 aliphatic carbocycles. The molecule has 0 radical (unpaired) electrons. The topological polar surface area (TPSA) is 30.7 Å². The van der Waals surface area contributed by atoms with Gasteiger partial charge in [-0.3, -0.25) is 4.57 Å². The van der Waals surface area contributed by atoms with E-state index < -0.39 is 0 Å². The van der Waals surface area contributed by atoms with Gasteiger partial charge in [-0.1, -0.05) is 94.7 Å². The molecule has 1 heterocycles. The van der Waals surface area contributed by atoms with Crippen LogP contribution in [-0.2, 0) is 5.41 Å². The third-order valence-corrected chi connectivity index (χ3v) is 6.90. The summed E-state index contributed by atoms with van der Waals surface area (Å²) < 4.78 is 2.31. The highest BCUT2D eigenvalue weighted by atomic mass is 15.3. The summed E-state index contributed by atoms with van der Waals surface area (Å²) in [5.74, 6) is 2.48. The van der Waals surface area contributed by atoms with Crippen LogP contribution in [0.3, 0.4) is 0 Å². The monoisotopic (exact) mass is 439 g/mol. The van der Waals surface area contributed by atoms with Crippen molar-refractivity contribution in [3.63, 3.8) is 0 Å². The van der Waals surface area contributed by atoms with Gasteiger partial charge in [0.15, 0.2) is 5.82 Å². The largest absolute Gasteiger partial charge is 0.278 e. The molecule has 1 unspecified atom stereocenters. The Morgan fingerprint density at radius 3 is 2.55 bits per heavy atom. The SMILES string of the molecule is CCCCC(C)(C)c1nnc(-c2cccc(C3=CC=CCC3C)c2)n1-c1ccc(C)cc1C. The molecule has 4 rings (SSSR count). The smallest absolute Gasteiger partial charge is 0.168 e. The molecule has 0 fully saturated rings. The van der Waals surface area contributed by atoms with Crippen LogP contribution in [0.4, 0.5) is 0 Å². The Kier molecular flexibility index (Phi) is 6.69. The third-order valence-electron chi connectivity index (χ3n) is 6.90. The Labute approximate surface area is 199 Å². The lowest BCUT2D eigenvalue weighted by atomic mass is 9.86. The zero-order valence-electron chi connectivity index (χ0n) is 21.0. The average Bonchev–Trinajstić information content (AvgIpc) is 3.24. The van der Waals surface area contributed by atoms with Crippen molar-refractivity contribution >= 4 is 5.57 Å². The summed E-state index contributed by atoms with van der Waals surface area (Å²) in [4.78, 5) is 0. The molecule has 3 aromatic rings. The summed E-state index contributed by atoms with van der Waals surface area (Å²) in [6, 6.07) is 15.5. The van der Waals surface area contributed by atoms with Gasteiger partial charge >= 0.3 is 0 Å². The third kappa shape index (κ3) is 4.73. The number of unbranched alkanes of at least 4 members (excludes halogenated alkanes) is 1. The Bertz CT molecular complexity index is 1190. The zero-order chi connectivity index (χ0) is 23.6. The lowest BCUT2D eigenvalue weighted by molar-refractivity contribution is 0.425. The van der Waals surface area contributed by atoms with Crippen molar-refractivity contribution in [1.29, 1.82) is 0 Å².